The van der Waals surface area contributed by atoms with Gasteiger partial charge in [0.25, 0.3) is 0 Å². The van der Waals surface area contributed by atoms with Gasteiger partial charge in [0.1, 0.15) is 11.8 Å². The van der Waals surface area contributed by atoms with Gasteiger partial charge in [-0.05, 0) is 39.0 Å². The smallest absolute Gasteiger partial charge is 0.407 e. The highest BCUT2D eigenvalue weighted by molar-refractivity contribution is 5.70. The normalized spacial score (nSPS) is 18.2. The minimum absolute atomic E-state index is 0.180. The molecule has 1 aliphatic rings. The summed E-state index contributed by atoms with van der Waals surface area (Å²) in [5.41, 5.74) is 2.76. The van der Waals surface area contributed by atoms with E-state index in [9.17, 15) is 14.7 Å². The van der Waals surface area contributed by atoms with E-state index in [4.69, 9.17) is 9.47 Å². The number of carboxylic acid groups (broad SMARTS) is 1. The topological polar surface area (TPSA) is 128 Å². The van der Waals surface area contributed by atoms with Crippen molar-refractivity contribution in [3.05, 3.63) is 23.8 Å². The first kappa shape index (κ1) is 23.5. The molecule has 174 valence electrons. The van der Waals surface area contributed by atoms with Crippen molar-refractivity contribution in [2.45, 2.75) is 65.0 Å². The molecule has 10 heteroatoms. The molecular formula is C22H31N5O5. The van der Waals surface area contributed by atoms with Crippen LogP contribution in [0.2, 0.25) is 0 Å². The van der Waals surface area contributed by atoms with Crippen molar-refractivity contribution in [1.82, 2.24) is 25.1 Å². The maximum absolute atomic E-state index is 11.9. The number of hydrogen-bond donors (Lipinski definition) is 2. The van der Waals surface area contributed by atoms with Crippen LogP contribution in [0.1, 0.15) is 56.8 Å². The average molecular weight is 446 g/mol. The van der Waals surface area contributed by atoms with Crippen LogP contribution >= 0.6 is 0 Å². The van der Waals surface area contributed by atoms with Crippen LogP contribution < -0.4 is 10.1 Å². The predicted octanol–water partition coefficient (Wildman–Crippen LogP) is 3.23. The highest BCUT2D eigenvalue weighted by Crippen LogP contribution is 2.29. The summed E-state index contributed by atoms with van der Waals surface area (Å²) in [5.74, 6) is -0.739. The Bertz CT molecular complexity index is 945. The number of nitrogens with one attached hydrogen (secondary N) is 1. The maximum atomic E-state index is 11.9. The Hall–Kier alpha value is -3.17. The van der Waals surface area contributed by atoms with E-state index in [1.54, 1.807) is 24.1 Å². The number of carboxylic acids is 1. The number of nitrogens with zero attached hydrogens (tertiary/aromatic N) is 4. The minimum atomic E-state index is -0.775. The molecule has 0 bridgehead atoms. The van der Waals surface area contributed by atoms with Gasteiger partial charge in [-0.15, -0.1) is 0 Å². The number of aryl methyl sites for hydroxylation is 2. The summed E-state index contributed by atoms with van der Waals surface area (Å²) in [7, 11) is 1.79. The van der Waals surface area contributed by atoms with Crippen LogP contribution in [-0.2, 0) is 23.1 Å². The summed E-state index contributed by atoms with van der Waals surface area (Å²) >= 11 is 0. The summed E-state index contributed by atoms with van der Waals surface area (Å²) in [6.45, 7) is 4.47. The fraction of sp³-hybridized carbons (Fsp3) is 0.591. The largest absolute Gasteiger partial charge is 0.481 e. The number of carbonyl (C=O) groups is 2. The number of amides is 1. The number of aliphatic carboxylic acids is 1. The van der Waals surface area contributed by atoms with E-state index in [2.05, 4.69) is 20.4 Å². The average Bonchev–Trinajstić information content (AvgIpc) is 3.14. The Morgan fingerprint density at radius 2 is 2.12 bits per heavy atom. The SMILES string of the molecule is CCCCOC(=O)NCc1c(-c2cnc(O[C@H]3CCC[C@H](C(=O)O)C3)c(C)n2)cnn1C. The molecule has 1 aliphatic carbocycles. The minimum Gasteiger partial charge on any atom is -0.481 e. The van der Waals surface area contributed by atoms with Gasteiger partial charge < -0.3 is 19.9 Å². The molecule has 2 aromatic heterocycles. The van der Waals surface area contributed by atoms with Gasteiger partial charge in [-0.1, -0.05) is 13.3 Å². The van der Waals surface area contributed by atoms with Crippen molar-refractivity contribution in [2.24, 2.45) is 13.0 Å². The predicted molar refractivity (Wildman–Crippen MR) is 116 cm³/mol. The fourth-order valence-electron chi connectivity index (χ4n) is 3.75. The monoisotopic (exact) mass is 445 g/mol. The number of hydrogen-bond acceptors (Lipinski definition) is 7. The molecular weight excluding hydrogens is 414 g/mol. The van der Waals surface area contributed by atoms with Crippen molar-refractivity contribution < 1.29 is 24.2 Å². The van der Waals surface area contributed by atoms with Crippen molar-refractivity contribution in [1.29, 1.82) is 0 Å². The van der Waals surface area contributed by atoms with Gasteiger partial charge in [0.05, 0.1) is 42.9 Å². The van der Waals surface area contributed by atoms with Gasteiger partial charge in [-0.25, -0.2) is 14.8 Å². The van der Waals surface area contributed by atoms with Crippen molar-refractivity contribution in [2.75, 3.05) is 6.61 Å². The van der Waals surface area contributed by atoms with Crippen molar-refractivity contribution in [3.8, 4) is 17.1 Å². The molecule has 0 unspecified atom stereocenters. The van der Waals surface area contributed by atoms with Crippen LogP contribution in [0.4, 0.5) is 4.79 Å². The zero-order valence-corrected chi connectivity index (χ0v) is 18.8. The number of alkyl carbamates (subject to hydrolysis) is 1. The molecule has 0 radical (unpaired) electrons. The third kappa shape index (κ3) is 5.95. The molecule has 0 aromatic carbocycles. The summed E-state index contributed by atoms with van der Waals surface area (Å²) in [6, 6.07) is 0. The van der Waals surface area contributed by atoms with Crippen molar-refractivity contribution >= 4 is 12.1 Å². The highest BCUT2D eigenvalue weighted by atomic mass is 16.5. The quantitative estimate of drug-likeness (QED) is 0.563. The summed E-state index contributed by atoms with van der Waals surface area (Å²) < 4.78 is 12.8. The van der Waals surface area contributed by atoms with Crippen LogP contribution in [0.5, 0.6) is 5.88 Å². The molecule has 0 saturated heterocycles. The van der Waals surface area contributed by atoms with E-state index in [0.29, 0.717) is 36.7 Å². The highest BCUT2D eigenvalue weighted by Gasteiger charge is 2.29. The molecule has 2 aromatic rings. The standard InChI is InChI=1S/C22H31N5O5/c1-4-5-9-31-22(30)24-13-19-17(11-25-27(19)3)18-12-23-20(14(2)26-18)32-16-8-6-7-15(10-16)21(28)29/h11-12,15-16H,4-10,13H2,1-3H3,(H,24,30)(H,28,29)/t15-,16-/m0/s1. The van der Waals surface area contributed by atoms with Crippen LogP contribution in [0.15, 0.2) is 12.4 Å². The van der Waals surface area contributed by atoms with Crippen molar-refractivity contribution in [3.63, 3.8) is 0 Å². The summed E-state index contributed by atoms with van der Waals surface area (Å²) in [4.78, 5) is 32.2. The second kappa shape index (κ2) is 10.9. The third-order valence-electron chi connectivity index (χ3n) is 5.62. The molecule has 2 atom stereocenters. The van der Waals surface area contributed by atoms with Gasteiger partial charge in [0.2, 0.25) is 5.88 Å². The second-order valence-corrected chi connectivity index (χ2v) is 8.06. The Balaban J connectivity index is 1.67. The van der Waals surface area contributed by atoms with Gasteiger partial charge in [0, 0.05) is 12.6 Å². The lowest BCUT2D eigenvalue weighted by molar-refractivity contribution is -0.143. The molecule has 1 saturated carbocycles. The Morgan fingerprint density at radius 3 is 2.84 bits per heavy atom. The second-order valence-electron chi connectivity index (χ2n) is 8.06. The van der Waals surface area contributed by atoms with E-state index in [0.717, 1.165) is 36.9 Å². The van der Waals surface area contributed by atoms with Gasteiger partial charge in [-0.2, -0.15) is 5.10 Å². The lowest BCUT2D eigenvalue weighted by Crippen LogP contribution is -2.30. The number of aromatic nitrogens is 4. The molecule has 32 heavy (non-hydrogen) atoms. The molecule has 1 fully saturated rings. The van der Waals surface area contributed by atoms with E-state index < -0.39 is 12.1 Å². The third-order valence-corrected chi connectivity index (χ3v) is 5.62. The molecule has 0 aliphatic heterocycles. The number of ether oxygens (including phenoxy) is 2. The van der Waals surface area contributed by atoms with Gasteiger partial charge in [0.15, 0.2) is 0 Å². The first-order valence-corrected chi connectivity index (χ1v) is 11.0. The lowest BCUT2D eigenvalue weighted by atomic mass is 9.87. The maximum Gasteiger partial charge on any atom is 0.407 e. The summed E-state index contributed by atoms with van der Waals surface area (Å²) in [5, 5.41) is 16.3. The number of rotatable bonds is 9. The van der Waals surface area contributed by atoms with Crippen LogP contribution in [-0.4, -0.2) is 49.6 Å². The molecule has 0 spiro atoms. The Labute approximate surface area is 187 Å². The number of carbonyl (C=O) groups excluding carboxylic acids is 1. The lowest BCUT2D eigenvalue weighted by Gasteiger charge is -2.27. The first-order chi connectivity index (χ1) is 15.4. The zero-order chi connectivity index (χ0) is 23.1. The van der Waals surface area contributed by atoms with E-state index >= 15 is 0 Å². The van der Waals surface area contributed by atoms with E-state index in [1.165, 1.54) is 0 Å². The van der Waals surface area contributed by atoms with Gasteiger partial charge >= 0.3 is 12.1 Å². The molecule has 2 N–H and O–H groups in total. The van der Waals surface area contributed by atoms with Gasteiger partial charge in [-0.3, -0.25) is 9.48 Å². The van der Waals surface area contributed by atoms with Crippen LogP contribution in [0.3, 0.4) is 0 Å². The Morgan fingerprint density at radius 1 is 1.31 bits per heavy atom. The number of unbranched alkanes of at least 4 members (excludes halogenated alkanes) is 1. The van der Waals surface area contributed by atoms with E-state index in [1.807, 2.05) is 13.8 Å². The molecule has 1 amide bonds. The van der Waals surface area contributed by atoms with Crippen LogP contribution in [0.25, 0.3) is 11.3 Å². The zero-order valence-electron chi connectivity index (χ0n) is 18.8. The van der Waals surface area contributed by atoms with E-state index in [-0.39, 0.29) is 18.6 Å². The Kier molecular flexibility index (Phi) is 8.02. The van der Waals surface area contributed by atoms with Crippen LogP contribution in [0, 0.1) is 12.8 Å². The fourth-order valence-corrected chi connectivity index (χ4v) is 3.75. The molecule has 2 heterocycles. The summed E-state index contributed by atoms with van der Waals surface area (Å²) in [6.07, 6.45) is 7.21. The molecule has 3 rings (SSSR count). The molecule has 10 nitrogen and oxygen atoms in total. The first-order valence-electron chi connectivity index (χ1n) is 11.0.